The van der Waals surface area contributed by atoms with Gasteiger partial charge in [0.2, 0.25) is 17.5 Å². The van der Waals surface area contributed by atoms with Crippen LogP contribution < -0.4 is 10.7 Å². The van der Waals surface area contributed by atoms with E-state index in [0.717, 1.165) is 44.5 Å². The highest BCUT2D eigenvalue weighted by atomic mass is 16.6. The standard InChI is InChI=1S/C54H72N8O9/c1-11-61-43-21-20-38-30-40(43)41(47(61)39-18-13-24-55-45(39)35(4)70-10)31-52(5,6)33-71-51(67)54(69)22-15-26-62(57-54)49(65)42(29-36-16-12-17-37(38)28-36)56-48(64)46(34(2)3)59(9)50(66)53(68)23-27-60(32-53)44(63)19-14-25-58(7)8/h12-14,16-21,24,28,30,34-35,42,46,57,68-69H,11,15,22-23,25-27,29,31-33H2,1-10H3,(H,56,64)/b19-14+/t35-,42-,46-,53+,54-/m0/s1. The number of carbonyl (C=O) groups excluding carboxylic acids is 5. The second-order valence-corrected chi connectivity index (χ2v) is 20.9. The number of esters is 1. The molecular formula is C54H72N8O9. The van der Waals surface area contributed by atoms with Crippen molar-refractivity contribution in [3.05, 3.63) is 89.8 Å². The summed E-state index contributed by atoms with van der Waals surface area (Å²) in [5, 5.41) is 28.7. The highest BCUT2D eigenvalue weighted by Gasteiger charge is 2.49. The molecule has 4 amide bonds. The number of β-amino-alcohol motifs (C(OH)–C–C–N with tert-alkyl or cyclic N) is 1. The van der Waals surface area contributed by atoms with E-state index >= 15 is 0 Å². The van der Waals surface area contributed by atoms with Crippen molar-refractivity contribution < 1.29 is 43.7 Å². The number of pyridine rings is 1. The van der Waals surface area contributed by atoms with Crippen molar-refractivity contribution in [2.45, 2.75) is 110 Å². The molecule has 2 aromatic carbocycles. The molecule has 2 saturated heterocycles. The number of hydrazine groups is 1. The summed E-state index contributed by atoms with van der Waals surface area (Å²) in [5.41, 5.74) is 5.19. The molecule has 0 spiro atoms. The Hall–Kier alpha value is -5.98. The van der Waals surface area contributed by atoms with Gasteiger partial charge in [0.05, 0.1) is 30.6 Å². The van der Waals surface area contributed by atoms with Crippen molar-refractivity contribution >= 4 is 40.5 Å². The Bertz CT molecular complexity index is 2680. The zero-order valence-electron chi connectivity index (χ0n) is 43.0. The molecule has 0 saturated carbocycles. The van der Waals surface area contributed by atoms with E-state index in [-0.39, 0.29) is 63.9 Å². The third-order valence-electron chi connectivity index (χ3n) is 14.1. The third-order valence-corrected chi connectivity index (χ3v) is 14.1. The van der Waals surface area contributed by atoms with Crippen LogP contribution in [0.1, 0.15) is 83.7 Å². The number of likely N-dealkylation sites (tertiary alicyclic amines) is 1. The van der Waals surface area contributed by atoms with Gasteiger partial charge in [-0.15, -0.1) is 0 Å². The summed E-state index contributed by atoms with van der Waals surface area (Å²) in [4.78, 5) is 80.0. The number of hydrogen-bond donors (Lipinski definition) is 4. The van der Waals surface area contributed by atoms with Crippen LogP contribution in [0.4, 0.5) is 0 Å². The highest BCUT2D eigenvalue weighted by Crippen LogP contribution is 2.42. The number of amides is 4. The highest BCUT2D eigenvalue weighted by molar-refractivity contribution is 5.97. The first-order valence-electron chi connectivity index (χ1n) is 24.7. The Kier molecular flexibility index (Phi) is 15.9. The smallest absolute Gasteiger partial charge is 0.355 e. The fraction of sp³-hybridized carbons (Fsp3) is 0.519. The van der Waals surface area contributed by atoms with Gasteiger partial charge in [0.1, 0.15) is 12.1 Å². The lowest BCUT2D eigenvalue weighted by Gasteiger charge is -2.40. The van der Waals surface area contributed by atoms with Gasteiger partial charge < -0.3 is 44.3 Å². The number of cyclic esters (lactones) is 1. The number of nitrogens with one attached hydrogen (secondary N) is 2. The summed E-state index contributed by atoms with van der Waals surface area (Å²) < 4.78 is 14.1. The molecule has 71 heavy (non-hydrogen) atoms. The Morgan fingerprint density at radius 3 is 2.46 bits per heavy atom. The number of nitrogens with zero attached hydrogens (tertiary/aromatic N) is 6. The van der Waals surface area contributed by atoms with Crippen LogP contribution in [-0.4, -0.2) is 154 Å². The number of methoxy groups -OCH3 is 1. The van der Waals surface area contributed by atoms with E-state index in [0.29, 0.717) is 25.1 Å². The van der Waals surface area contributed by atoms with Crippen molar-refractivity contribution in [1.82, 2.24) is 40.0 Å². The average Bonchev–Trinajstić information content (AvgIpc) is 3.89. The van der Waals surface area contributed by atoms with Gasteiger partial charge in [-0.2, -0.15) is 5.43 Å². The Balaban J connectivity index is 1.27. The van der Waals surface area contributed by atoms with Crippen LogP contribution in [-0.2, 0) is 52.8 Å². The summed E-state index contributed by atoms with van der Waals surface area (Å²) >= 11 is 0. The molecule has 17 nitrogen and oxygen atoms in total. The van der Waals surface area contributed by atoms with Gasteiger partial charge in [0, 0.05) is 93.8 Å². The van der Waals surface area contributed by atoms with E-state index in [1.54, 1.807) is 33.2 Å². The van der Waals surface area contributed by atoms with E-state index in [1.807, 2.05) is 70.1 Å². The summed E-state index contributed by atoms with van der Waals surface area (Å²) in [6, 6.07) is 15.7. The summed E-state index contributed by atoms with van der Waals surface area (Å²) in [6.45, 7) is 12.8. The van der Waals surface area contributed by atoms with Crippen LogP contribution in [0.15, 0.2) is 72.9 Å². The van der Waals surface area contributed by atoms with E-state index < -0.39 is 58.4 Å². The van der Waals surface area contributed by atoms with Crippen molar-refractivity contribution in [2.75, 3.05) is 61.0 Å². The van der Waals surface area contributed by atoms with Gasteiger partial charge in [-0.3, -0.25) is 29.2 Å². The second kappa shape index (κ2) is 21.4. The lowest BCUT2D eigenvalue weighted by molar-refractivity contribution is -0.189. The number of rotatable bonds is 12. The summed E-state index contributed by atoms with van der Waals surface area (Å²) in [6.07, 6.45) is 5.29. The number of hydrogen-bond acceptors (Lipinski definition) is 12. The van der Waals surface area contributed by atoms with Crippen LogP contribution in [0.2, 0.25) is 0 Å². The van der Waals surface area contributed by atoms with Gasteiger partial charge in [0.15, 0.2) is 5.60 Å². The van der Waals surface area contributed by atoms with Gasteiger partial charge in [0.25, 0.3) is 11.8 Å². The molecule has 0 unspecified atom stereocenters. The number of likely N-dealkylation sites (N-methyl/N-ethyl adjacent to an activating group) is 2. The molecule has 2 fully saturated rings. The van der Waals surface area contributed by atoms with E-state index in [2.05, 4.69) is 46.5 Å². The van der Waals surface area contributed by atoms with Crippen LogP contribution in [0.3, 0.4) is 0 Å². The molecule has 6 bridgehead atoms. The van der Waals surface area contributed by atoms with Crippen molar-refractivity contribution in [1.29, 1.82) is 0 Å². The quantitative estimate of drug-likeness (QED) is 0.114. The predicted molar refractivity (Wildman–Crippen MR) is 270 cm³/mol. The van der Waals surface area contributed by atoms with Crippen molar-refractivity contribution in [2.24, 2.45) is 11.3 Å². The molecule has 0 radical (unpaired) electrons. The number of ether oxygens (including phenoxy) is 2. The minimum absolute atomic E-state index is 0.00377. The Morgan fingerprint density at radius 1 is 1.01 bits per heavy atom. The van der Waals surface area contributed by atoms with Crippen LogP contribution >= 0.6 is 0 Å². The minimum atomic E-state index is -2.26. The van der Waals surface area contributed by atoms with Crippen LogP contribution in [0.25, 0.3) is 33.3 Å². The van der Waals surface area contributed by atoms with E-state index in [1.165, 1.54) is 27.9 Å². The second-order valence-electron chi connectivity index (χ2n) is 20.9. The molecular weight excluding hydrogens is 905 g/mol. The average molecular weight is 977 g/mol. The molecule has 4 aromatic rings. The van der Waals surface area contributed by atoms with Crippen molar-refractivity contribution in [3.8, 4) is 22.4 Å². The zero-order chi connectivity index (χ0) is 51.6. The first-order chi connectivity index (χ1) is 33.6. The molecule has 4 N–H and O–H groups in total. The van der Waals surface area contributed by atoms with E-state index in [9.17, 15) is 34.2 Å². The maximum absolute atomic E-state index is 14.8. The molecule has 3 aliphatic rings. The summed E-state index contributed by atoms with van der Waals surface area (Å²) in [7, 11) is 6.86. The number of benzene rings is 2. The minimum Gasteiger partial charge on any atom is -0.462 e. The maximum atomic E-state index is 14.8. The number of aliphatic hydroxyl groups is 2. The predicted octanol–water partition coefficient (Wildman–Crippen LogP) is 4.63. The fourth-order valence-corrected chi connectivity index (χ4v) is 10.3. The van der Waals surface area contributed by atoms with Gasteiger partial charge in [-0.1, -0.05) is 64.1 Å². The number of fused-ring (bicyclic) bond motifs is 6. The van der Waals surface area contributed by atoms with E-state index in [4.69, 9.17) is 14.5 Å². The normalized spacial score (nSPS) is 22.7. The maximum Gasteiger partial charge on any atom is 0.355 e. The molecule has 0 aliphatic carbocycles. The fourth-order valence-electron chi connectivity index (χ4n) is 10.3. The van der Waals surface area contributed by atoms with Gasteiger partial charge in [-0.05, 0) is 93.2 Å². The number of aromatic nitrogens is 2. The lowest BCUT2D eigenvalue weighted by atomic mass is 9.84. The molecule has 382 valence electrons. The molecule has 3 aliphatic heterocycles. The Labute approximate surface area is 417 Å². The van der Waals surface area contributed by atoms with Crippen molar-refractivity contribution in [3.63, 3.8) is 0 Å². The molecule has 5 heterocycles. The molecule has 5 atom stereocenters. The number of aryl methyl sites for hydroxylation is 1. The summed E-state index contributed by atoms with van der Waals surface area (Å²) in [5.74, 6) is -3.73. The Morgan fingerprint density at radius 2 is 1.76 bits per heavy atom. The van der Waals surface area contributed by atoms with Crippen LogP contribution in [0.5, 0.6) is 0 Å². The monoisotopic (exact) mass is 977 g/mol. The number of carbonyl (C=O) groups is 5. The van der Waals surface area contributed by atoms with Gasteiger partial charge in [-0.25, -0.2) is 4.79 Å². The third kappa shape index (κ3) is 11.2. The van der Waals surface area contributed by atoms with Gasteiger partial charge >= 0.3 is 5.97 Å². The zero-order valence-corrected chi connectivity index (χ0v) is 43.0. The SMILES string of the molecule is CCn1c(-c2cccnc2[C@H](C)OC)c2c3cc(ccc31)-c1cccc(c1)C[C@H](NC(=O)[C@H](C(C)C)N(C)C(=O)[C@@]1(O)CCN(C(=O)/C=C/CN(C)C)C1)C(=O)N1CCC[C@@](O)(N1)C(=O)OCC(C)(C)C2. The molecule has 2 aromatic heterocycles. The lowest BCUT2D eigenvalue weighted by Crippen LogP contribution is -2.67. The first kappa shape index (κ1) is 52.8. The largest absolute Gasteiger partial charge is 0.462 e. The topological polar surface area (TPSA) is 199 Å². The van der Waals surface area contributed by atoms with Crippen LogP contribution in [0, 0.1) is 11.3 Å². The molecule has 7 rings (SSSR count). The first-order valence-corrected chi connectivity index (χ1v) is 24.7. The molecule has 17 heteroatoms.